The monoisotopic (exact) mass is 233 g/mol. The molecule has 3 nitrogen and oxygen atoms in total. The van der Waals surface area contributed by atoms with Gasteiger partial charge in [0.25, 0.3) is 0 Å². The van der Waals surface area contributed by atoms with E-state index in [1.165, 1.54) is 5.56 Å². The molecule has 0 aliphatic heterocycles. The number of rotatable bonds is 5. The third kappa shape index (κ3) is 2.86. The van der Waals surface area contributed by atoms with E-state index in [1.807, 2.05) is 25.1 Å². The summed E-state index contributed by atoms with van der Waals surface area (Å²) in [5, 5.41) is 11.8. The summed E-state index contributed by atoms with van der Waals surface area (Å²) in [6.07, 6.45) is 2.70. The van der Waals surface area contributed by atoms with Crippen molar-refractivity contribution in [2.75, 3.05) is 6.61 Å². The summed E-state index contributed by atoms with van der Waals surface area (Å²) >= 11 is 0. The Morgan fingerprint density at radius 1 is 1.41 bits per heavy atom. The van der Waals surface area contributed by atoms with Crippen molar-refractivity contribution in [1.82, 2.24) is 5.32 Å². The molecule has 1 fully saturated rings. The maximum atomic E-state index is 12.1. The number of aliphatic hydroxyl groups excluding tert-OH is 1. The van der Waals surface area contributed by atoms with Gasteiger partial charge in [0.2, 0.25) is 5.91 Å². The Morgan fingerprint density at radius 2 is 2.06 bits per heavy atom. The number of nitrogens with one attached hydrogen (secondary N) is 1. The first-order chi connectivity index (χ1) is 8.16. The molecule has 1 unspecified atom stereocenters. The summed E-state index contributed by atoms with van der Waals surface area (Å²) in [5.74, 6) is 0.0860. The van der Waals surface area contributed by atoms with Gasteiger partial charge < -0.3 is 10.4 Å². The van der Waals surface area contributed by atoms with E-state index in [0.717, 1.165) is 19.3 Å². The molecule has 1 atom stereocenters. The van der Waals surface area contributed by atoms with Gasteiger partial charge in [-0.25, -0.2) is 0 Å². The summed E-state index contributed by atoms with van der Waals surface area (Å²) in [6, 6.07) is 9.94. The second kappa shape index (κ2) is 4.88. The number of benzene rings is 1. The van der Waals surface area contributed by atoms with Crippen LogP contribution in [0.2, 0.25) is 0 Å². The molecule has 1 aromatic carbocycles. The maximum absolute atomic E-state index is 12.1. The van der Waals surface area contributed by atoms with E-state index in [0.29, 0.717) is 0 Å². The van der Waals surface area contributed by atoms with Gasteiger partial charge in [0, 0.05) is 6.04 Å². The van der Waals surface area contributed by atoms with Gasteiger partial charge in [-0.1, -0.05) is 30.3 Å². The Kier molecular flexibility index (Phi) is 3.48. The molecule has 0 heterocycles. The fraction of sp³-hybridized carbons (Fsp3) is 0.500. The normalized spacial score (nSPS) is 18.5. The lowest BCUT2D eigenvalue weighted by Gasteiger charge is -2.18. The fourth-order valence-electron chi connectivity index (χ4n) is 2.04. The Labute approximate surface area is 102 Å². The third-order valence-corrected chi connectivity index (χ3v) is 3.37. The molecule has 0 radical (unpaired) electrons. The SMILES string of the molecule is CC(CO)NC(=O)C1(Cc2ccccc2)CC1. The van der Waals surface area contributed by atoms with Crippen molar-refractivity contribution in [3.63, 3.8) is 0 Å². The molecule has 17 heavy (non-hydrogen) atoms. The van der Waals surface area contributed by atoms with Gasteiger partial charge in [0.1, 0.15) is 0 Å². The maximum Gasteiger partial charge on any atom is 0.226 e. The summed E-state index contributed by atoms with van der Waals surface area (Å²) in [4.78, 5) is 12.1. The standard InChI is InChI=1S/C14H19NO2/c1-11(10-16)15-13(17)14(7-8-14)9-12-5-3-2-4-6-12/h2-6,11,16H,7-10H2,1H3,(H,15,17). The predicted octanol–water partition coefficient (Wildman–Crippen LogP) is 1.51. The topological polar surface area (TPSA) is 49.3 Å². The van der Waals surface area contributed by atoms with Crippen molar-refractivity contribution in [3.05, 3.63) is 35.9 Å². The summed E-state index contributed by atoms with van der Waals surface area (Å²) < 4.78 is 0. The van der Waals surface area contributed by atoms with Gasteiger partial charge in [0.05, 0.1) is 12.0 Å². The first kappa shape index (κ1) is 12.1. The Balaban J connectivity index is 1.98. The zero-order valence-electron chi connectivity index (χ0n) is 10.1. The zero-order chi connectivity index (χ0) is 12.3. The number of aliphatic hydroxyl groups is 1. The minimum absolute atomic E-state index is 0.00679. The second-order valence-corrected chi connectivity index (χ2v) is 5.00. The molecule has 0 spiro atoms. The van der Waals surface area contributed by atoms with Crippen LogP contribution in [0, 0.1) is 5.41 Å². The average Bonchev–Trinajstić information content (AvgIpc) is 3.11. The van der Waals surface area contributed by atoms with E-state index >= 15 is 0 Å². The molecule has 0 aromatic heterocycles. The predicted molar refractivity (Wildman–Crippen MR) is 66.5 cm³/mol. The van der Waals surface area contributed by atoms with Crippen LogP contribution in [-0.2, 0) is 11.2 Å². The van der Waals surface area contributed by atoms with Crippen LogP contribution >= 0.6 is 0 Å². The van der Waals surface area contributed by atoms with E-state index < -0.39 is 0 Å². The number of hydrogen-bond acceptors (Lipinski definition) is 2. The number of amides is 1. The molecule has 2 N–H and O–H groups in total. The van der Waals surface area contributed by atoms with E-state index in [9.17, 15) is 4.79 Å². The number of carbonyl (C=O) groups excluding carboxylic acids is 1. The molecule has 2 rings (SSSR count). The van der Waals surface area contributed by atoms with Crippen LogP contribution in [-0.4, -0.2) is 23.7 Å². The first-order valence-electron chi connectivity index (χ1n) is 6.12. The fourth-order valence-corrected chi connectivity index (χ4v) is 2.04. The summed E-state index contributed by atoms with van der Waals surface area (Å²) in [5.41, 5.74) is 0.988. The van der Waals surface area contributed by atoms with Gasteiger partial charge in [-0.3, -0.25) is 4.79 Å². The molecular weight excluding hydrogens is 214 g/mol. The molecule has 1 saturated carbocycles. The molecule has 0 bridgehead atoms. The zero-order valence-corrected chi connectivity index (χ0v) is 10.1. The molecule has 1 aliphatic rings. The van der Waals surface area contributed by atoms with Crippen molar-refractivity contribution >= 4 is 5.91 Å². The van der Waals surface area contributed by atoms with E-state index in [2.05, 4.69) is 17.4 Å². The van der Waals surface area contributed by atoms with E-state index in [4.69, 9.17) is 5.11 Å². The summed E-state index contributed by atoms with van der Waals surface area (Å²) in [7, 11) is 0. The van der Waals surface area contributed by atoms with Crippen LogP contribution in [0.5, 0.6) is 0 Å². The molecule has 3 heteroatoms. The minimum atomic E-state index is -0.217. The van der Waals surface area contributed by atoms with Crippen LogP contribution < -0.4 is 5.32 Å². The Hall–Kier alpha value is -1.35. The quantitative estimate of drug-likeness (QED) is 0.810. The van der Waals surface area contributed by atoms with Crippen molar-refractivity contribution in [3.8, 4) is 0 Å². The van der Waals surface area contributed by atoms with Gasteiger partial charge in [-0.05, 0) is 31.7 Å². The van der Waals surface area contributed by atoms with Crippen LogP contribution in [0.3, 0.4) is 0 Å². The van der Waals surface area contributed by atoms with Crippen LogP contribution in [0.15, 0.2) is 30.3 Å². The number of carbonyl (C=O) groups is 1. The highest BCUT2D eigenvalue weighted by atomic mass is 16.3. The minimum Gasteiger partial charge on any atom is -0.394 e. The highest BCUT2D eigenvalue weighted by Gasteiger charge is 2.49. The third-order valence-electron chi connectivity index (χ3n) is 3.37. The lowest BCUT2D eigenvalue weighted by molar-refractivity contribution is -0.127. The molecular formula is C14H19NO2. The van der Waals surface area contributed by atoms with Gasteiger partial charge >= 0.3 is 0 Å². The van der Waals surface area contributed by atoms with Gasteiger partial charge in [-0.15, -0.1) is 0 Å². The van der Waals surface area contributed by atoms with Crippen LogP contribution in [0.4, 0.5) is 0 Å². The second-order valence-electron chi connectivity index (χ2n) is 5.00. The molecule has 1 aromatic rings. The first-order valence-corrected chi connectivity index (χ1v) is 6.12. The summed E-state index contributed by atoms with van der Waals surface area (Å²) in [6.45, 7) is 1.81. The van der Waals surface area contributed by atoms with Crippen molar-refractivity contribution in [1.29, 1.82) is 0 Å². The molecule has 0 saturated heterocycles. The molecule has 1 amide bonds. The molecule has 92 valence electrons. The smallest absolute Gasteiger partial charge is 0.226 e. The van der Waals surface area contributed by atoms with Gasteiger partial charge in [0.15, 0.2) is 0 Å². The Morgan fingerprint density at radius 3 is 2.59 bits per heavy atom. The average molecular weight is 233 g/mol. The lowest BCUT2D eigenvalue weighted by Crippen LogP contribution is -2.40. The van der Waals surface area contributed by atoms with E-state index in [-0.39, 0.29) is 24.0 Å². The highest BCUT2D eigenvalue weighted by molar-refractivity contribution is 5.85. The van der Waals surface area contributed by atoms with Gasteiger partial charge in [-0.2, -0.15) is 0 Å². The van der Waals surface area contributed by atoms with Crippen LogP contribution in [0.25, 0.3) is 0 Å². The lowest BCUT2D eigenvalue weighted by atomic mass is 9.95. The van der Waals surface area contributed by atoms with E-state index in [1.54, 1.807) is 0 Å². The largest absolute Gasteiger partial charge is 0.394 e. The van der Waals surface area contributed by atoms with Crippen molar-refractivity contribution in [2.45, 2.75) is 32.2 Å². The molecule has 1 aliphatic carbocycles. The van der Waals surface area contributed by atoms with Crippen LogP contribution in [0.1, 0.15) is 25.3 Å². The number of hydrogen-bond donors (Lipinski definition) is 2. The van der Waals surface area contributed by atoms with Crippen molar-refractivity contribution < 1.29 is 9.90 Å². The van der Waals surface area contributed by atoms with Crippen molar-refractivity contribution in [2.24, 2.45) is 5.41 Å². The Bertz CT molecular complexity index is 384. The highest BCUT2D eigenvalue weighted by Crippen LogP contribution is 2.48.